The SMILES string of the molecule is CCOc1cc(/C=N\NC(=O)C(=O)Nc2cccc(C)c2)ccc1OCC(=O)O. The molecule has 3 N–H and O–H groups in total. The minimum Gasteiger partial charge on any atom is -0.490 e. The molecule has 0 spiro atoms. The summed E-state index contributed by atoms with van der Waals surface area (Å²) in [5.74, 6) is -2.27. The molecule has 152 valence electrons. The van der Waals surface area contributed by atoms with Gasteiger partial charge in [0.05, 0.1) is 12.8 Å². The van der Waals surface area contributed by atoms with Crippen molar-refractivity contribution >= 4 is 29.7 Å². The average molecular weight is 399 g/mol. The number of rotatable bonds is 8. The van der Waals surface area contributed by atoms with E-state index in [1.165, 1.54) is 12.3 Å². The van der Waals surface area contributed by atoms with E-state index >= 15 is 0 Å². The molecule has 0 atom stereocenters. The highest BCUT2D eigenvalue weighted by atomic mass is 16.5. The van der Waals surface area contributed by atoms with Crippen LogP contribution in [-0.2, 0) is 14.4 Å². The second-order valence-electron chi connectivity index (χ2n) is 5.84. The zero-order valence-corrected chi connectivity index (χ0v) is 16.0. The third-order valence-corrected chi connectivity index (χ3v) is 3.48. The monoisotopic (exact) mass is 399 g/mol. The Morgan fingerprint density at radius 2 is 1.86 bits per heavy atom. The number of nitrogens with zero attached hydrogens (tertiary/aromatic N) is 1. The fourth-order valence-electron chi connectivity index (χ4n) is 2.26. The van der Waals surface area contributed by atoms with Crippen LogP contribution in [0.2, 0.25) is 0 Å². The molecular weight excluding hydrogens is 378 g/mol. The highest BCUT2D eigenvalue weighted by Gasteiger charge is 2.13. The van der Waals surface area contributed by atoms with Crippen LogP contribution in [-0.4, -0.2) is 42.3 Å². The van der Waals surface area contributed by atoms with Gasteiger partial charge in [0.25, 0.3) is 0 Å². The lowest BCUT2D eigenvalue weighted by molar-refractivity contribution is -0.139. The zero-order valence-electron chi connectivity index (χ0n) is 16.0. The van der Waals surface area contributed by atoms with Crippen molar-refractivity contribution in [1.82, 2.24) is 5.43 Å². The molecule has 9 nitrogen and oxygen atoms in total. The molecule has 0 fully saturated rings. The number of hydrazone groups is 1. The van der Waals surface area contributed by atoms with Crippen LogP contribution in [0.4, 0.5) is 5.69 Å². The van der Waals surface area contributed by atoms with Gasteiger partial charge in [-0.3, -0.25) is 9.59 Å². The number of carbonyl (C=O) groups is 3. The maximum atomic E-state index is 11.9. The van der Waals surface area contributed by atoms with Gasteiger partial charge < -0.3 is 19.9 Å². The smallest absolute Gasteiger partial charge is 0.341 e. The molecule has 2 rings (SSSR count). The first-order valence-electron chi connectivity index (χ1n) is 8.71. The Balaban J connectivity index is 1.97. The van der Waals surface area contributed by atoms with Crippen LogP contribution >= 0.6 is 0 Å². The van der Waals surface area contributed by atoms with Crippen LogP contribution in [0.3, 0.4) is 0 Å². The third-order valence-electron chi connectivity index (χ3n) is 3.48. The molecule has 2 amide bonds. The van der Waals surface area contributed by atoms with Gasteiger partial charge in [-0.2, -0.15) is 5.10 Å². The number of carbonyl (C=O) groups excluding carboxylic acids is 2. The molecule has 0 aliphatic heterocycles. The molecule has 0 bridgehead atoms. The van der Waals surface area contributed by atoms with Crippen molar-refractivity contribution in [3.63, 3.8) is 0 Å². The second-order valence-corrected chi connectivity index (χ2v) is 5.84. The number of hydrogen-bond acceptors (Lipinski definition) is 6. The van der Waals surface area contributed by atoms with Crippen LogP contribution in [0.15, 0.2) is 47.6 Å². The first-order valence-corrected chi connectivity index (χ1v) is 8.71. The van der Waals surface area contributed by atoms with Crippen LogP contribution in [0.25, 0.3) is 0 Å². The summed E-state index contributed by atoms with van der Waals surface area (Å²) in [4.78, 5) is 34.4. The molecule has 0 saturated heterocycles. The minimum atomic E-state index is -1.11. The quantitative estimate of drug-likeness (QED) is 0.354. The number of nitrogens with one attached hydrogen (secondary N) is 2. The summed E-state index contributed by atoms with van der Waals surface area (Å²) in [6, 6.07) is 11.7. The van der Waals surface area contributed by atoms with Crippen molar-refractivity contribution in [3.05, 3.63) is 53.6 Å². The number of hydrogen-bond donors (Lipinski definition) is 3. The van der Waals surface area contributed by atoms with Gasteiger partial charge in [-0.25, -0.2) is 10.2 Å². The third kappa shape index (κ3) is 6.98. The zero-order chi connectivity index (χ0) is 21.2. The van der Waals surface area contributed by atoms with Crippen molar-refractivity contribution < 1.29 is 29.0 Å². The van der Waals surface area contributed by atoms with Gasteiger partial charge in [-0.05, 0) is 55.3 Å². The van der Waals surface area contributed by atoms with E-state index < -0.39 is 24.4 Å². The van der Waals surface area contributed by atoms with E-state index in [4.69, 9.17) is 14.6 Å². The number of ether oxygens (including phenoxy) is 2. The van der Waals surface area contributed by atoms with Crippen molar-refractivity contribution in [2.24, 2.45) is 5.10 Å². The van der Waals surface area contributed by atoms with Crippen LogP contribution < -0.4 is 20.2 Å². The van der Waals surface area contributed by atoms with Gasteiger partial charge in [0.15, 0.2) is 18.1 Å². The Morgan fingerprint density at radius 1 is 1.07 bits per heavy atom. The normalized spacial score (nSPS) is 10.4. The number of benzene rings is 2. The molecular formula is C20H21N3O6. The number of aryl methyl sites for hydroxylation is 1. The molecule has 2 aromatic carbocycles. The molecule has 0 aromatic heterocycles. The van der Waals surface area contributed by atoms with Gasteiger partial charge in [0, 0.05) is 5.69 Å². The summed E-state index contributed by atoms with van der Waals surface area (Å²) >= 11 is 0. The summed E-state index contributed by atoms with van der Waals surface area (Å²) in [5, 5.41) is 14.9. The summed E-state index contributed by atoms with van der Waals surface area (Å²) in [6.45, 7) is 3.49. The molecule has 0 saturated carbocycles. The predicted molar refractivity (Wildman–Crippen MR) is 106 cm³/mol. The fraction of sp³-hybridized carbons (Fsp3) is 0.200. The summed E-state index contributed by atoms with van der Waals surface area (Å²) in [6.07, 6.45) is 1.32. The Hall–Kier alpha value is -3.88. The van der Waals surface area contributed by atoms with Gasteiger partial charge in [-0.15, -0.1) is 0 Å². The maximum absolute atomic E-state index is 11.9. The summed E-state index contributed by atoms with van der Waals surface area (Å²) < 4.78 is 10.6. The molecule has 0 aliphatic rings. The number of carboxylic acids is 1. The standard InChI is InChI=1S/C20H21N3O6/c1-3-28-17-10-14(7-8-16(17)29-12-18(24)25)11-21-23-20(27)19(26)22-15-6-4-5-13(2)9-15/h4-11H,3,12H2,1-2H3,(H,22,26)(H,23,27)(H,24,25)/b21-11-. The number of carboxylic acid groups (broad SMARTS) is 1. The molecule has 0 heterocycles. The lowest BCUT2D eigenvalue weighted by Crippen LogP contribution is -2.32. The molecule has 0 unspecified atom stereocenters. The number of anilines is 1. The molecule has 0 aliphatic carbocycles. The Morgan fingerprint density at radius 3 is 2.55 bits per heavy atom. The summed E-state index contributed by atoms with van der Waals surface area (Å²) in [7, 11) is 0. The molecule has 2 aromatic rings. The van der Waals surface area contributed by atoms with E-state index in [0.717, 1.165) is 5.56 Å². The highest BCUT2D eigenvalue weighted by Crippen LogP contribution is 2.28. The van der Waals surface area contributed by atoms with E-state index in [9.17, 15) is 14.4 Å². The van der Waals surface area contributed by atoms with E-state index in [0.29, 0.717) is 23.6 Å². The van der Waals surface area contributed by atoms with E-state index in [1.54, 1.807) is 37.3 Å². The second kappa shape index (κ2) is 10.5. The fourth-order valence-corrected chi connectivity index (χ4v) is 2.26. The first-order chi connectivity index (χ1) is 13.9. The molecule has 0 radical (unpaired) electrons. The van der Waals surface area contributed by atoms with Crippen molar-refractivity contribution in [3.8, 4) is 11.5 Å². The first kappa shape index (κ1) is 21.4. The van der Waals surface area contributed by atoms with Crippen LogP contribution in [0.1, 0.15) is 18.1 Å². The largest absolute Gasteiger partial charge is 0.490 e. The van der Waals surface area contributed by atoms with Crippen LogP contribution in [0, 0.1) is 6.92 Å². The lowest BCUT2D eigenvalue weighted by atomic mass is 10.2. The Kier molecular flexibility index (Phi) is 7.72. The van der Waals surface area contributed by atoms with E-state index in [1.807, 2.05) is 13.0 Å². The minimum absolute atomic E-state index is 0.271. The van der Waals surface area contributed by atoms with Crippen LogP contribution in [0.5, 0.6) is 11.5 Å². The van der Waals surface area contributed by atoms with Gasteiger partial charge >= 0.3 is 17.8 Å². The Bertz CT molecular complexity index is 926. The van der Waals surface area contributed by atoms with E-state index in [-0.39, 0.29) is 5.75 Å². The molecule has 29 heavy (non-hydrogen) atoms. The van der Waals surface area contributed by atoms with Crippen molar-refractivity contribution in [2.75, 3.05) is 18.5 Å². The average Bonchev–Trinajstić information content (AvgIpc) is 2.67. The maximum Gasteiger partial charge on any atom is 0.341 e. The lowest BCUT2D eigenvalue weighted by Gasteiger charge is -2.11. The molecule has 9 heteroatoms. The highest BCUT2D eigenvalue weighted by molar-refractivity contribution is 6.39. The van der Waals surface area contributed by atoms with Crippen molar-refractivity contribution in [2.45, 2.75) is 13.8 Å². The predicted octanol–water partition coefficient (Wildman–Crippen LogP) is 1.95. The number of amides is 2. The van der Waals surface area contributed by atoms with Gasteiger partial charge in [0.2, 0.25) is 0 Å². The topological polar surface area (TPSA) is 126 Å². The van der Waals surface area contributed by atoms with Gasteiger partial charge in [0.1, 0.15) is 0 Å². The Labute approximate surface area is 167 Å². The van der Waals surface area contributed by atoms with Gasteiger partial charge in [-0.1, -0.05) is 12.1 Å². The van der Waals surface area contributed by atoms with E-state index in [2.05, 4.69) is 15.8 Å². The summed E-state index contributed by atoms with van der Waals surface area (Å²) in [5.41, 5.74) is 4.15. The van der Waals surface area contributed by atoms with Crippen molar-refractivity contribution in [1.29, 1.82) is 0 Å². The number of aliphatic carboxylic acids is 1.